The summed E-state index contributed by atoms with van der Waals surface area (Å²) in [6.45, 7) is 5.67. The summed E-state index contributed by atoms with van der Waals surface area (Å²) in [6, 6.07) is 10.6. The summed E-state index contributed by atoms with van der Waals surface area (Å²) in [5, 5.41) is 11.2. The Morgan fingerprint density at radius 2 is 1.50 bits per heavy atom. The number of aromatic nitrogens is 1. The van der Waals surface area contributed by atoms with Gasteiger partial charge >= 0.3 is 0 Å². The molecule has 1 aromatic heterocycles. The van der Waals surface area contributed by atoms with E-state index in [1.165, 1.54) is 5.56 Å². The van der Waals surface area contributed by atoms with Crippen molar-refractivity contribution in [3.05, 3.63) is 69.0 Å². The molecular formula is C17H19ClN4O2. The summed E-state index contributed by atoms with van der Waals surface area (Å²) in [7, 11) is 0. The molecule has 1 aliphatic heterocycles. The molecule has 1 aliphatic rings. The predicted octanol–water partition coefficient (Wildman–Crippen LogP) is 2.96. The van der Waals surface area contributed by atoms with Crippen LogP contribution in [-0.4, -0.2) is 45.9 Å². The zero-order valence-electron chi connectivity index (χ0n) is 13.3. The molecule has 0 unspecified atom stereocenters. The molecular weight excluding hydrogens is 328 g/mol. The lowest BCUT2D eigenvalue weighted by Crippen LogP contribution is -2.45. The van der Waals surface area contributed by atoms with Crippen LogP contribution in [0.5, 0.6) is 0 Å². The molecule has 7 heteroatoms. The Bertz CT molecular complexity index is 683. The molecule has 24 heavy (non-hydrogen) atoms. The van der Waals surface area contributed by atoms with E-state index in [0.29, 0.717) is 5.15 Å². The minimum atomic E-state index is -0.367. The molecule has 0 bridgehead atoms. The van der Waals surface area contributed by atoms with E-state index in [9.17, 15) is 10.1 Å². The molecule has 0 atom stereocenters. The lowest BCUT2D eigenvalue weighted by molar-refractivity contribution is -0.384. The summed E-state index contributed by atoms with van der Waals surface area (Å²) in [6.07, 6.45) is 1.82. The Morgan fingerprint density at radius 1 is 0.958 bits per heavy atom. The van der Waals surface area contributed by atoms with Crippen LogP contribution in [0.4, 0.5) is 5.69 Å². The van der Waals surface area contributed by atoms with E-state index in [-0.39, 0.29) is 10.6 Å². The Labute approximate surface area is 145 Å². The van der Waals surface area contributed by atoms with E-state index in [2.05, 4.69) is 14.8 Å². The maximum absolute atomic E-state index is 10.7. The highest BCUT2D eigenvalue weighted by Crippen LogP contribution is 2.15. The molecule has 2 heterocycles. The van der Waals surface area contributed by atoms with Crippen molar-refractivity contribution in [2.45, 2.75) is 13.1 Å². The second kappa shape index (κ2) is 7.70. The van der Waals surface area contributed by atoms with Gasteiger partial charge in [-0.3, -0.25) is 19.9 Å². The number of nitrogens with zero attached hydrogens (tertiary/aromatic N) is 4. The average molecular weight is 347 g/mol. The second-order valence-corrected chi connectivity index (χ2v) is 6.35. The number of halogens is 1. The molecule has 0 saturated carbocycles. The first-order chi connectivity index (χ1) is 11.6. The number of piperazine rings is 1. The lowest BCUT2D eigenvalue weighted by atomic mass is 10.1. The fraction of sp³-hybridized carbons (Fsp3) is 0.353. The maximum Gasteiger partial charge on any atom is 0.269 e. The minimum Gasteiger partial charge on any atom is -0.297 e. The van der Waals surface area contributed by atoms with Gasteiger partial charge in [0.15, 0.2) is 0 Å². The van der Waals surface area contributed by atoms with Gasteiger partial charge in [-0.15, -0.1) is 0 Å². The molecule has 1 fully saturated rings. The Hall–Kier alpha value is -2.02. The number of pyridine rings is 1. The standard InChI is InChI=1S/C17H19ClN4O2/c18-17-6-3-15(11-19-17)13-21-9-7-20(8-10-21)12-14-1-4-16(5-2-14)22(23)24/h1-6,11H,7-10,12-13H2. The molecule has 0 amide bonds. The Morgan fingerprint density at radius 3 is 2.00 bits per heavy atom. The fourth-order valence-corrected chi connectivity index (χ4v) is 2.96. The molecule has 0 N–H and O–H groups in total. The van der Waals surface area contributed by atoms with Gasteiger partial charge in [0.05, 0.1) is 4.92 Å². The summed E-state index contributed by atoms with van der Waals surface area (Å²) in [5.74, 6) is 0. The SMILES string of the molecule is O=[N+]([O-])c1ccc(CN2CCN(Cc3ccc(Cl)nc3)CC2)cc1. The fourth-order valence-electron chi connectivity index (χ4n) is 2.84. The van der Waals surface area contributed by atoms with E-state index in [1.54, 1.807) is 12.1 Å². The van der Waals surface area contributed by atoms with Crippen LogP contribution in [0.2, 0.25) is 5.15 Å². The van der Waals surface area contributed by atoms with Crippen molar-refractivity contribution in [3.8, 4) is 0 Å². The number of benzene rings is 1. The van der Waals surface area contributed by atoms with Gasteiger partial charge in [-0.25, -0.2) is 4.98 Å². The van der Waals surface area contributed by atoms with E-state index < -0.39 is 0 Å². The second-order valence-electron chi connectivity index (χ2n) is 5.97. The third-order valence-electron chi connectivity index (χ3n) is 4.21. The molecule has 6 nitrogen and oxygen atoms in total. The molecule has 126 valence electrons. The highest BCUT2D eigenvalue weighted by molar-refractivity contribution is 6.29. The summed E-state index contributed by atoms with van der Waals surface area (Å²) in [5.41, 5.74) is 2.42. The highest BCUT2D eigenvalue weighted by Gasteiger charge is 2.17. The van der Waals surface area contributed by atoms with Crippen LogP contribution in [0.3, 0.4) is 0 Å². The third kappa shape index (κ3) is 4.50. The molecule has 0 aliphatic carbocycles. The number of non-ortho nitro benzene ring substituents is 1. The van der Waals surface area contributed by atoms with Crippen LogP contribution in [0.1, 0.15) is 11.1 Å². The topological polar surface area (TPSA) is 62.5 Å². The average Bonchev–Trinajstić information content (AvgIpc) is 2.59. The first-order valence-corrected chi connectivity index (χ1v) is 8.26. The van der Waals surface area contributed by atoms with Crippen molar-refractivity contribution in [1.82, 2.24) is 14.8 Å². The molecule has 0 radical (unpaired) electrons. The van der Waals surface area contributed by atoms with Gasteiger partial charge in [-0.2, -0.15) is 0 Å². The minimum absolute atomic E-state index is 0.139. The van der Waals surface area contributed by atoms with Crippen molar-refractivity contribution in [2.24, 2.45) is 0 Å². The van der Waals surface area contributed by atoms with Crippen LogP contribution < -0.4 is 0 Å². The number of hydrogen-bond acceptors (Lipinski definition) is 5. The van der Waals surface area contributed by atoms with E-state index in [0.717, 1.165) is 44.8 Å². The van der Waals surface area contributed by atoms with Gasteiger partial charge in [0.25, 0.3) is 5.69 Å². The van der Waals surface area contributed by atoms with Crippen LogP contribution >= 0.6 is 11.6 Å². The first kappa shape index (κ1) is 16.8. The lowest BCUT2D eigenvalue weighted by Gasteiger charge is -2.34. The van der Waals surface area contributed by atoms with Crippen molar-refractivity contribution < 1.29 is 4.92 Å². The van der Waals surface area contributed by atoms with E-state index in [4.69, 9.17) is 11.6 Å². The Kier molecular flexibility index (Phi) is 5.40. The van der Waals surface area contributed by atoms with Crippen molar-refractivity contribution in [2.75, 3.05) is 26.2 Å². The third-order valence-corrected chi connectivity index (χ3v) is 4.44. The van der Waals surface area contributed by atoms with Gasteiger partial charge < -0.3 is 0 Å². The van der Waals surface area contributed by atoms with E-state index in [1.807, 2.05) is 30.5 Å². The zero-order chi connectivity index (χ0) is 16.9. The van der Waals surface area contributed by atoms with Gasteiger partial charge in [-0.1, -0.05) is 29.8 Å². The zero-order valence-corrected chi connectivity index (χ0v) is 14.0. The van der Waals surface area contributed by atoms with Crippen molar-refractivity contribution >= 4 is 17.3 Å². The summed E-state index contributed by atoms with van der Waals surface area (Å²) >= 11 is 5.81. The quantitative estimate of drug-likeness (QED) is 0.473. The van der Waals surface area contributed by atoms with Gasteiger partial charge in [0.1, 0.15) is 5.15 Å². The van der Waals surface area contributed by atoms with Crippen molar-refractivity contribution in [1.29, 1.82) is 0 Å². The molecule has 1 aromatic carbocycles. The monoisotopic (exact) mass is 346 g/mol. The summed E-state index contributed by atoms with van der Waals surface area (Å²) in [4.78, 5) is 19.2. The molecule has 0 spiro atoms. The van der Waals surface area contributed by atoms with Crippen LogP contribution in [0, 0.1) is 10.1 Å². The molecule has 3 rings (SSSR count). The number of nitro benzene ring substituents is 1. The van der Waals surface area contributed by atoms with Crippen molar-refractivity contribution in [3.63, 3.8) is 0 Å². The smallest absolute Gasteiger partial charge is 0.269 e. The Balaban J connectivity index is 1.48. The van der Waals surface area contributed by atoms with Crippen LogP contribution in [0.15, 0.2) is 42.6 Å². The number of rotatable bonds is 5. The normalized spacial score (nSPS) is 16.2. The largest absolute Gasteiger partial charge is 0.297 e. The number of hydrogen-bond donors (Lipinski definition) is 0. The molecule has 1 saturated heterocycles. The van der Waals surface area contributed by atoms with Gasteiger partial charge in [0, 0.05) is 57.6 Å². The van der Waals surface area contributed by atoms with Gasteiger partial charge in [0.2, 0.25) is 0 Å². The van der Waals surface area contributed by atoms with E-state index >= 15 is 0 Å². The molecule has 2 aromatic rings. The maximum atomic E-state index is 10.7. The predicted molar refractivity (Wildman–Crippen MR) is 92.9 cm³/mol. The highest BCUT2D eigenvalue weighted by atomic mass is 35.5. The van der Waals surface area contributed by atoms with Crippen LogP contribution in [0.25, 0.3) is 0 Å². The number of nitro groups is 1. The van der Waals surface area contributed by atoms with Crippen LogP contribution in [-0.2, 0) is 13.1 Å². The van der Waals surface area contributed by atoms with Gasteiger partial charge in [-0.05, 0) is 17.2 Å². The summed E-state index contributed by atoms with van der Waals surface area (Å²) < 4.78 is 0. The first-order valence-electron chi connectivity index (χ1n) is 7.88.